The van der Waals surface area contributed by atoms with Crippen LogP contribution in [-0.4, -0.2) is 25.3 Å². The predicted molar refractivity (Wildman–Crippen MR) is 262 cm³/mol. The van der Waals surface area contributed by atoms with Crippen molar-refractivity contribution in [3.05, 3.63) is 133 Å². The van der Waals surface area contributed by atoms with Gasteiger partial charge in [0.05, 0.1) is 38.2 Å². The van der Waals surface area contributed by atoms with Crippen molar-refractivity contribution in [3.63, 3.8) is 0 Å². The maximum absolute atomic E-state index is 2.61. The van der Waals surface area contributed by atoms with E-state index < -0.39 is 16.1 Å². The van der Waals surface area contributed by atoms with Gasteiger partial charge >= 0.3 is 0 Å². The third-order valence-corrected chi connectivity index (χ3v) is 25.3. The molecule has 0 saturated heterocycles. The second kappa shape index (κ2) is 17.3. The zero-order valence-electron chi connectivity index (χ0n) is 36.1. The van der Waals surface area contributed by atoms with Crippen LogP contribution in [0.4, 0.5) is 0 Å². The van der Waals surface area contributed by atoms with Crippen molar-refractivity contribution in [2.24, 2.45) is 0 Å². The first-order valence-electron chi connectivity index (χ1n) is 22.7. The quantitative estimate of drug-likeness (QED) is 0.0812. The summed E-state index contributed by atoms with van der Waals surface area (Å²) in [5, 5.41) is 8.82. The van der Waals surface area contributed by atoms with Crippen LogP contribution in [0, 0.1) is 0 Å². The van der Waals surface area contributed by atoms with Crippen molar-refractivity contribution in [1.29, 1.82) is 0 Å². The first kappa shape index (κ1) is 40.1. The molecule has 8 aromatic rings. The van der Waals surface area contributed by atoms with E-state index in [1.54, 1.807) is 10.4 Å². The normalized spacial score (nSPS) is 12.4. The van der Waals surface area contributed by atoms with Gasteiger partial charge in [-0.25, -0.2) is 0 Å². The van der Waals surface area contributed by atoms with Crippen molar-refractivity contribution < 1.29 is 0 Å². The maximum atomic E-state index is 2.61. The van der Waals surface area contributed by atoms with E-state index in [2.05, 4.69) is 184 Å². The lowest BCUT2D eigenvalue weighted by molar-refractivity contribution is 0.937. The van der Waals surface area contributed by atoms with Gasteiger partial charge < -0.3 is 9.13 Å². The molecule has 0 amide bonds. The summed E-state index contributed by atoms with van der Waals surface area (Å²) in [6.07, 6.45) is 7.65. The summed E-state index contributed by atoms with van der Waals surface area (Å²) in [6, 6.07) is 60.0. The average Bonchev–Trinajstić information content (AvgIpc) is 3.76. The molecule has 0 aliphatic carbocycles. The van der Waals surface area contributed by atoms with Gasteiger partial charge in [0.15, 0.2) is 0 Å². The van der Waals surface area contributed by atoms with Gasteiger partial charge in [-0.1, -0.05) is 212 Å². The van der Waals surface area contributed by atoms with E-state index in [1.165, 1.54) is 141 Å². The molecule has 2 aromatic heterocycles. The highest BCUT2D eigenvalue weighted by atomic mass is 28.3. The van der Waals surface area contributed by atoms with Crippen molar-refractivity contribution in [1.82, 2.24) is 9.13 Å². The van der Waals surface area contributed by atoms with E-state index in [4.69, 9.17) is 0 Å². The van der Waals surface area contributed by atoms with E-state index in [9.17, 15) is 0 Å². The van der Waals surface area contributed by atoms with Crippen LogP contribution in [0.5, 0.6) is 0 Å². The fraction of sp³-hybridized carbons (Fsp3) is 0.333. The van der Waals surface area contributed by atoms with Crippen LogP contribution in [0.2, 0.25) is 36.3 Å². The summed E-state index contributed by atoms with van der Waals surface area (Å²) >= 11 is 0. The van der Waals surface area contributed by atoms with Gasteiger partial charge in [-0.15, -0.1) is 0 Å². The Bertz CT molecular complexity index is 2460. The molecule has 0 saturated carbocycles. The number of benzene rings is 6. The molecule has 0 fully saturated rings. The predicted octanol–water partition coefficient (Wildman–Crippen LogP) is 15.3. The minimum absolute atomic E-state index is 1.21. The number of nitrogens with zero attached hydrogens (tertiary/aromatic N) is 2. The minimum Gasteiger partial charge on any atom is -0.309 e. The molecule has 0 N–H and O–H groups in total. The lowest BCUT2D eigenvalue weighted by atomic mass is 10.0. The van der Waals surface area contributed by atoms with E-state index in [0.29, 0.717) is 0 Å². The Morgan fingerprint density at radius 2 is 0.672 bits per heavy atom. The third kappa shape index (κ3) is 7.11. The second-order valence-corrected chi connectivity index (χ2v) is 26.6. The number of fused-ring (bicyclic) bond motifs is 6. The van der Waals surface area contributed by atoms with Gasteiger partial charge in [0.25, 0.3) is 0 Å². The number of hydrogen-bond acceptors (Lipinski definition) is 0. The average molecular weight is 797 g/mol. The molecule has 58 heavy (non-hydrogen) atoms. The molecular weight excluding hydrogens is 733 g/mol. The number of para-hydroxylation sites is 2. The molecule has 0 aliphatic heterocycles. The van der Waals surface area contributed by atoms with Gasteiger partial charge in [0.1, 0.15) is 0 Å². The van der Waals surface area contributed by atoms with Gasteiger partial charge in [0.2, 0.25) is 0 Å². The van der Waals surface area contributed by atoms with Crippen LogP contribution >= 0.6 is 0 Å². The van der Waals surface area contributed by atoms with Crippen molar-refractivity contribution in [2.45, 2.75) is 116 Å². The molecular formula is C54H64N2Si2. The fourth-order valence-electron chi connectivity index (χ4n) is 11.3. The molecule has 0 bridgehead atoms. The zero-order valence-corrected chi connectivity index (χ0v) is 38.1. The molecule has 2 heterocycles. The SMILES string of the molecule is CCC[Si](CCC)(CCC)c1ccc2c(c1)c1ccccc1n2-c1cccc(-c2cccc(-n3c4ccccc4c4cc([Si](CCC)(CCC)CCC)ccc43)c2)c1. The maximum Gasteiger partial charge on any atom is 0.0867 e. The zero-order chi connectivity index (χ0) is 40.3. The van der Waals surface area contributed by atoms with Crippen LogP contribution in [0.15, 0.2) is 133 Å². The van der Waals surface area contributed by atoms with Crippen LogP contribution in [0.3, 0.4) is 0 Å². The van der Waals surface area contributed by atoms with Gasteiger partial charge in [-0.3, -0.25) is 0 Å². The highest BCUT2D eigenvalue weighted by molar-refractivity contribution is 6.92. The molecule has 2 nitrogen and oxygen atoms in total. The third-order valence-electron chi connectivity index (χ3n) is 13.5. The van der Waals surface area contributed by atoms with Crippen molar-refractivity contribution >= 4 is 70.1 Å². The smallest absolute Gasteiger partial charge is 0.0867 e. The summed E-state index contributed by atoms with van der Waals surface area (Å²) in [7, 11) is -3.19. The summed E-state index contributed by atoms with van der Waals surface area (Å²) in [6.45, 7) is 14.3. The number of hydrogen-bond donors (Lipinski definition) is 0. The molecule has 8 rings (SSSR count). The fourth-order valence-corrected chi connectivity index (χ4v) is 22.0. The molecule has 0 unspecified atom stereocenters. The number of rotatable bonds is 17. The second-order valence-electron chi connectivity index (χ2n) is 17.3. The Kier molecular flexibility index (Phi) is 12.0. The molecule has 4 heteroatoms. The summed E-state index contributed by atoms with van der Waals surface area (Å²) < 4.78 is 5.02. The Balaban J connectivity index is 1.23. The van der Waals surface area contributed by atoms with Crippen LogP contribution in [0.25, 0.3) is 66.1 Å². The van der Waals surface area contributed by atoms with Gasteiger partial charge in [-0.2, -0.15) is 0 Å². The molecule has 0 radical (unpaired) electrons. The Hall–Kier alpha value is -4.65. The first-order chi connectivity index (χ1) is 28.4. The monoisotopic (exact) mass is 796 g/mol. The Labute approximate surface area is 349 Å². The summed E-state index contributed by atoms with van der Waals surface area (Å²) in [5.41, 5.74) is 10.1. The molecule has 6 aromatic carbocycles. The van der Waals surface area contributed by atoms with Gasteiger partial charge in [0, 0.05) is 32.9 Å². The highest BCUT2D eigenvalue weighted by Gasteiger charge is 2.34. The first-order valence-corrected chi connectivity index (χ1v) is 28.0. The topological polar surface area (TPSA) is 9.86 Å². The molecule has 0 spiro atoms. The largest absolute Gasteiger partial charge is 0.309 e. The van der Waals surface area contributed by atoms with E-state index >= 15 is 0 Å². The minimum atomic E-state index is -1.59. The Morgan fingerprint density at radius 1 is 0.328 bits per heavy atom. The summed E-state index contributed by atoms with van der Waals surface area (Å²) in [4.78, 5) is 0. The van der Waals surface area contributed by atoms with Crippen LogP contribution in [-0.2, 0) is 0 Å². The molecule has 0 aliphatic rings. The lowest BCUT2D eigenvalue weighted by Crippen LogP contribution is -2.47. The molecule has 298 valence electrons. The number of aromatic nitrogens is 2. The standard InChI is InChI=1S/C54H64N2Si2/c1-7-31-57(32-8-2,33-9-3)45-27-29-53-49(39-45)47-23-13-15-25-51(47)55(53)43-21-17-19-41(37-43)42-20-18-22-44(38-42)56-52-26-16-14-24-48(52)50-40-46(28-30-54(50)56)58(34-10-4,35-11-5)36-12-6/h13-30,37-40H,7-12,31-36H2,1-6H3. The molecule has 0 atom stereocenters. The van der Waals surface area contributed by atoms with Crippen LogP contribution in [0.1, 0.15) is 80.1 Å². The van der Waals surface area contributed by atoms with Gasteiger partial charge in [-0.05, 0) is 59.7 Å². The van der Waals surface area contributed by atoms with E-state index in [-0.39, 0.29) is 0 Å². The summed E-state index contributed by atoms with van der Waals surface area (Å²) in [5.74, 6) is 0. The lowest BCUT2D eigenvalue weighted by Gasteiger charge is -2.32. The highest BCUT2D eigenvalue weighted by Crippen LogP contribution is 2.37. The Morgan fingerprint density at radius 3 is 1.03 bits per heavy atom. The van der Waals surface area contributed by atoms with E-state index in [0.717, 1.165) is 0 Å². The van der Waals surface area contributed by atoms with Crippen molar-refractivity contribution in [3.8, 4) is 22.5 Å². The van der Waals surface area contributed by atoms with Crippen molar-refractivity contribution in [2.75, 3.05) is 0 Å². The van der Waals surface area contributed by atoms with E-state index in [1.807, 2.05) is 0 Å². The van der Waals surface area contributed by atoms with Crippen LogP contribution < -0.4 is 10.4 Å².